The van der Waals surface area contributed by atoms with E-state index < -0.39 is 0 Å². The van der Waals surface area contributed by atoms with Crippen LogP contribution in [0.1, 0.15) is 16.8 Å². The molecular weight excluding hydrogens is 322 g/mol. The molecule has 0 spiro atoms. The van der Waals surface area contributed by atoms with Crippen LogP contribution in [-0.4, -0.2) is 55.6 Å². The molecule has 138 valence electrons. The molecule has 2 heterocycles. The Labute approximate surface area is 156 Å². The van der Waals surface area contributed by atoms with Gasteiger partial charge in [0, 0.05) is 57.3 Å². The first kappa shape index (κ1) is 18.2. The van der Waals surface area contributed by atoms with Crippen molar-refractivity contribution in [3.8, 4) is 0 Å². The fraction of sp³-hybridized carbons (Fsp3) is 0.429. The molecule has 1 aromatic carbocycles. The van der Waals surface area contributed by atoms with Crippen LogP contribution >= 0.6 is 0 Å². The number of guanidine groups is 1. The predicted octanol–water partition coefficient (Wildman–Crippen LogP) is 2.64. The van der Waals surface area contributed by atoms with Crippen molar-refractivity contribution in [2.75, 3.05) is 44.7 Å². The summed E-state index contributed by atoms with van der Waals surface area (Å²) in [7, 11) is 1.86. The van der Waals surface area contributed by atoms with Gasteiger partial charge in [0.25, 0.3) is 0 Å². The van der Waals surface area contributed by atoms with Gasteiger partial charge in [-0.05, 0) is 49.6 Å². The molecule has 0 radical (unpaired) electrons. The molecule has 1 aromatic heterocycles. The van der Waals surface area contributed by atoms with E-state index in [4.69, 9.17) is 0 Å². The Morgan fingerprint density at radius 1 is 1.12 bits per heavy atom. The number of nitrogens with zero attached hydrogens (tertiary/aromatic N) is 4. The smallest absolute Gasteiger partial charge is 0.193 e. The van der Waals surface area contributed by atoms with Crippen LogP contribution in [0.5, 0.6) is 0 Å². The molecule has 0 amide bonds. The molecule has 1 N–H and O–H groups in total. The normalized spacial score (nSPS) is 15.3. The van der Waals surface area contributed by atoms with E-state index in [9.17, 15) is 0 Å². The van der Waals surface area contributed by atoms with Gasteiger partial charge in [-0.2, -0.15) is 0 Å². The lowest BCUT2D eigenvalue weighted by atomic mass is 10.2. The Morgan fingerprint density at radius 3 is 2.58 bits per heavy atom. The summed E-state index contributed by atoms with van der Waals surface area (Å²) in [6.07, 6.45) is 2.91. The standard InChI is InChI=1S/C21H29N5/c1-17-5-4-6-20(15-17)25-11-13-26(14-12-25)21(22-3)23-10-9-19-8-7-18(2)24-16-19/h4-8,15-16H,9-14H2,1-3H3,(H,22,23). The zero-order valence-corrected chi connectivity index (χ0v) is 16.1. The number of pyridine rings is 1. The molecule has 0 unspecified atom stereocenters. The second-order valence-electron chi connectivity index (χ2n) is 6.84. The third-order valence-electron chi connectivity index (χ3n) is 4.83. The summed E-state index contributed by atoms with van der Waals surface area (Å²) in [6, 6.07) is 13.0. The predicted molar refractivity (Wildman–Crippen MR) is 109 cm³/mol. The highest BCUT2D eigenvalue weighted by Crippen LogP contribution is 2.17. The molecule has 5 heteroatoms. The Bertz CT molecular complexity index is 730. The van der Waals surface area contributed by atoms with Gasteiger partial charge in [0.15, 0.2) is 5.96 Å². The average Bonchev–Trinajstić information content (AvgIpc) is 2.67. The van der Waals surface area contributed by atoms with E-state index in [0.717, 1.165) is 50.8 Å². The summed E-state index contributed by atoms with van der Waals surface area (Å²) in [4.78, 5) is 13.6. The fourth-order valence-corrected chi connectivity index (χ4v) is 3.30. The molecule has 1 aliphatic heterocycles. The summed E-state index contributed by atoms with van der Waals surface area (Å²) < 4.78 is 0. The highest BCUT2D eigenvalue weighted by atomic mass is 15.3. The number of piperazine rings is 1. The SMILES string of the molecule is CN=C(NCCc1ccc(C)nc1)N1CCN(c2cccc(C)c2)CC1. The maximum Gasteiger partial charge on any atom is 0.193 e. The lowest BCUT2D eigenvalue weighted by molar-refractivity contribution is 0.373. The molecule has 26 heavy (non-hydrogen) atoms. The fourth-order valence-electron chi connectivity index (χ4n) is 3.30. The first-order valence-corrected chi connectivity index (χ1v) is 9.34. The average molecular weight is 351 g/mol. The van der Waals surface area contributed by atoms with Gasteiger partial charge in [0.2, 0.25) is 0 Å². The first-order chi connectivity index (χ1) is 12.7. The Kier molecular flexibility index (Phi) is 6.10. The zero-order chi connectivity index (χ0) is 18.4. The number of aromatic nitrogens is 1. The van der Waals surface area contributed by atoms with E-state index in [1.165, 1.54) is 16.8 Å². The number of hydrogen-bond donors (Lipinski definition) is 1. The maximum absolute atomic E-state index is 4.47. The summed E-state index contributed by atoms with van der Waals surface area (Å²) in [5, 5.41) is 3.50. The second-order valence-corrected chi connectivity index (χ2v) is 6.84. The minimum absolute atomic E-state index is 0.871. The Balaban J connectivity index is 1.48. The van der Waals surface area contributed by atoms with E-state index in [1.807, 2.05) is 20.2 Å². The second kappa shape index (κ2) is 8.70. The van der Waals surface area contributed by atoms with E-state index in [-0.39, 0.29) is 0 Å². The van der Waals surface area contributed by atoms with Crippen LogP contribution < -0.4 is 10.2 Å². The number of rotatable bonds is 4. The van der Waals surface area contributed by atoms with Crippen LogP contribution in [0.4, 0.5) is 5.69 Å². The largest absolute Gasteiger partial charge is 0.368 e. The molecule has 3 rings (SSSR count). The number of hydrogen-bond acceptors (Lipinski definition) is 3. The van der Waals surface area contributed by atoms with E-state index >= 15 is 0 Å². The van der Waals surface area contributed by atoms with Crippen molar-refractivity contribution in [2.45, 2.75) is 20.3 Å². The maximum atomic E-state index is 4.47. The Hall–Kier alpha value is -2.56. The molecule has 1 fully saturated rings. The number of aliphatic imine (C=N–C) groups is 1. The van der Waals surface area contributed by atoms with Crippen molar-refractivity contribution in [1.29, 1.82) is 0 Å². The lowest BCUT2D eigenvalue weighted by Crippen LogP contribution is -2.52. The van der Waals surface area contributed by atoms with E-state index in [0.29, 0.717) is 0 Å². The van der Waals surface area contributed by atoms with Gasteiger partial charge in [-0.1, -0.05) is 18.2 Å². The molecule has 1 saturated heterocycles. The van der Waals surface area contributed by atoms with Gasteiger partial charge in [-0.3, -0.25) is 9.98 Å². The molecule has 0 saturated carbocycles. The van der Waals surface area contributed by atoms with Crippen LogP contribution in [0.15, 0.2) is 47.6 Å². The summed E-state index contributed by atoms with van der Waals surface area (Å²) in [5.74, 6) is 0.994. The summed E-state index contributed by atoms with van der Waals surface area (Å²) in [5.41, 5.74) is 4.94. The first-order valence-electron chi connectivity index (χ1n) is 9.34. The zero-order valence-electron chi connectivity index (χ0n) is 16.1. The van der Waals surface area contributed by atoms with Crippen molar-refractivity contribution in [2.24, 2.45) is 4.99 Å². The van der Waals surface area contributed by atoms with Crippen molar-refractivity contribution in [1.82, 2.24) is 15.2 Å². The van der Waals surface area contributed by atoms with Gasteiger partial charge in [0.1, 0.15) is 0 Å². The van der Waals surface area contributed by atoms with Gasteiger partial charge in [-0.15, -0.1) is 0 Å². The van der Waals surface area contributed by atoms with Crippen molar-refractivity contribution < 1.29 is 0 Å². The topological polar surface area (TPSA) is 43.8 Å². The quantitative estimate of drug-likeness (QED) is 0.679. The van der Waals surface area contributed by atoms with Crippen LogP contribution in [0.25, 0.3) is 0 Å². The van der Waals surface area contributed by atoms with Crippen molar-refractivity contribution >= 4 is 11.6 Å². The number of nitrogens with one attached hydrogen (secondary N) is 1. The van der Waals surface area contributed by atoms with Gasteiger partial charge >= 0.3 is 0 Å². The molecular formula is C21H29N5. The number of benzene rings is 1. The van der Waals surface area contributed by atoms with Crippen LogP contribution in [0, 0.1) is 13.8 Å². The van der Waals surface area contributed by atoms with Gasteiger partial charge < -0.3 is 15.1 Å². The molecule has 5 nitrogen and oxygen atoms in total. The van der Waals surface area contributed by atoms with Crippen LogP contribution in [0.3, 0.4) is 0 Å². The molecule has 0 aliphatic carbocycles. The highest BCUT2D eigenvalue weighted by molar-refractivity contribution is 5.80. The minimum Gasteiger partial charge on any atom is -0.368 e. The van der Waals surface area contributed by atoms with E-state index in [2.05, 4.69) is 68.4 Å². The summed E-state index contributed by atoms with van der Waals surface area (Å²) in [6.45, 7) is 9.04. The molecule has 2 aromatic rings. The van der Waals surface area contributed by atoms with Gasteiger partial charge in [0.05, 0.1) is 0 Å². The Morgan fingerprint density at radius 2 is 1.92 bits per heavy atom. The number of aryl methyl sites for hydroxylation is 2. The molecule has 1 aliphatic rings. The van der Waals surface area contributed by atoms with Crippen molar-refractivity contribution in [3.63, 3.8) is 0 Å². The lowest BCUT2D eigenvalue weighted by Gasteiger charge is -2.37. The minimum atomic E-state index is 0.871. The highest BCUT2D eigenvalue weighted by Gasteiger charge is 2.19. The van der Waals surface area contributed by atoms with Crippen LogP contribution in [-0.2, 0) is 6.42 Å². The number of anilines is 1. The molecule has 0 atom stereocenters. The van der Waals surface area contributed by atoms with Crippen molar-refractivity contribution in [3.05, 3.63) is 59.4 Å². The third kappa shape index (κ3) is 4.75. The third-order valence-corrected chi connectivity index (χ3v) is 4.83. The van der Waals surface area contributed by atoms with Gasteiger partial charge in [-0.25, -0.2) is 0 Å². The van der Waals surface area contributed by atoms with E-state index in [1.54, 1.807) is 0 Å². The molecule has 0 bridgehead atoms. The summed E-state index contributed by atoms with van der Waals surface area (Å²) >= 11 is 0. The van der Waals surface area contributed by atoms with Crippen LogP contribution in [0.2, 0.25) is 0 Å². The monoisotopic (exact) mass is 351 g/mol.